The molecule has 8 heteroatoms. The lowest BCUT2D eigenvalue weighted by Crippen LogP contribution is -2.24. The predicted molar refractivity (Wildman–Crippen MR) is 63.5 cm³/mol. The van der Waals surface area contributed by atoms with E-state index in [0.29, 0.717) is 22.1 Å². The number of carbonyl (C=O) groups is 1. The summed E-state index contributed by atoms with van der Waals surface area (Å²) < 4.78 is 35.6. The Morgan fingerprint density at radius 3 is 2.61 bits per heavy atom. The zero-order chi connectivity index (χ0) is 13.8. The van der Waals surface area contributed by atoms with Crippen molar-refractivity contribution in [3.63, 3.8) is 0 Å². The third-order valence-corrected chi connectivity index (χ3v) is 3.18. The Morgan fingerprint density at radius 2 is 2.11 bits per heavy atom. The van der Waals surface area contributed by atoms with Crippen LogP contribution in [0.2, 0.25) is 0 Å². The van der Waals surface area contributed by atoms with Crippen LogP contribution in [0.25, 0.3) is 0 Å². The zero-order valence-electron chi connectivity index (χ0n) is 9.80. The Balaban J connectivity index is 2.28. The average molecular weight is 281 g/mol. The van der Waals surface area contributed by atoms with Crippen LogP contribution in [0.1, 0.15) is 34.6 Å². The second-order valence-electron chi connectivity index (χ2n) is 3.79. The Hall–Kier alpha value is -1.31. The summed E-state index contributed by atoms with van der Waals surface area (Å²) in [5.74, 6) is -0.339. The number of nitrogens with one attached hydrogen (secondary N) is 1. The van der Waals surface area contributed by atoms with Crippen molar-refractivity contribution in [1.29, 1.82) is 0 Å². The summed E-state index contributed by atoms with van der Waals surface area (Å²) in [5, 5.41) is 2.85. The highest BCUT2D eigenvalue weighted by atomic mass is 32.1. The van der Waals surface area contributed by atoms with Gasteiger partial charge >= 0.3 is 6.18 Å². The molecule has 0 aromatic carbocycles. The molecule has 0 atom stereocenters. The molecule has 1 rings (SSSR count). The van der Waals surface area contributed by atoms with E-state index in [1.165, 1.54) is 0 Å². The van der Waals surface area contributed by atoms with E-state index in [1.54, 1.807) is 6.92 Å². The molecule has 1 heterocycles. The van der Waals surface area contributed by atoms with Gasteiger partial charge in [-0.05, 0) is 19.8 Å². The van der Waals surface area contributed by atoms with Crippen LogP contribution in [0.5, 0.6) is 0 Å². The minimum atomic E-state index is -4.13. The maximum Gasteiger partial charge on any atom is 0.389 e. The average Bonchev–Trinajstić information content (AvgIpc) is 2.55. The topological polar surface area (TPSA) is 68.0 Å². The molecule has 0 fully saturated rings. The van der Waals surface area contributed by atoms with Gasteiger partial charge in [0, 0.05) is 13.0 Å². The van der Waals surface area contributed by atoms with Crippen LogP contribution in [0, 0.1) is 6.92 Å². The van der Waals surface area contributed by atoms with Gasteiger partial charge in [0.2, 0.25) is 0 Å². The van der Waals surface area contributed by atoms with Crippen molar-refractivity contribution in [2.75, 3.05) is 12.3 Å². The molecule has 0 aliphatic rings. The van der Waals surface area contributed by atoms with E-state index in [1.807, 2.05) is 0 Å². The molecule has 0 aliphatic carbocycles. The number of unbranched alkanes of at least 4 members (excludes halogenated alkanes) is 1. The van der Waals surface area contributed by atoms with Crippen molar-refractivity contribution in [2.24, 2.45) is 0 Å². The molecular formula is C10H14F3N3OS. The number of hydrogen-bond donors (Lipinski definition) is 2. The van der Waals surface area contributed by atoms with Gasteiger partial charge < -0.3 is 11.1 Å². The molecule has 0 aliphatic heterocycles. The molecule has 0 spiro atoms. The number of nitrogen functional groups attached to an aromatic ring is 1. The monoisotopic (exact) mass is 281 g/mol. The summed E-state index contributed by atoms with van der Waals surface area (Å²) in [7, 11) is 0. The quantitative estimate of drug-likeness (QED) is 0.815. The van der Waals surface area contributed by atoms with E-state index in [-0.39, 0.29) is 18.9 Å². The van der Waals surface area contributed by atoms with E-state index < -0.39 is 12.6 Å². The number of nitrogens with two attached hydrogens (primary N) is 1. The van der Waals surface area contributed by atoms with Gasteiger partial charge in [-0.2, -0.15) is 13.2 Å². The molecule has 0 radical (unpaired) electrons. The van der Waals surface area contributed by atoms with Crippen LogP contribution in [0.15, 0.2) is 0 Å². The molecule has 1 amide bonds. The van der Waals surface area contributed by atoms with Crippen LogP contribution in [-0.4, -0.2) is 23.6 Å². The van der Waals surface area contributed by atoms with E-state index in [9.17, 15) is 18.0 Å². The van der Waals surface area contributed by atoms with Crippen molar-refractivity contribution < 1.29 is 18.0 Å². The van der Waals surface area contributed by atoms with Gasteiger partial charge in [0.1, 0.15) is 4.88 Å². The van der Waals surface area contributed by atoms with Gasteiger partial charge in [-0.3, -0.25) is 4.79 Å². The summed E-state index contributed by atoms with van der Waals surface area (Å²) >= 11 is 1.07. The Labute approximate surface area is 106 Å². The van der Waals surface area contributed by atoms with Crippen molar-refractivity contribution in [3.8, 4) is 0 Å². The fourth-order valence-corrected chi connectivity index (χ4v) is 2.11. The van der Waals surface area contributed by atoms with E-state index >= 15 is 0 Å². The lowest BCUT2D eigenvalue weighted by Gasteiger charge is -2.06. The number of aryl methyl sites for hydroxylation is 1. The maximum atomic E-state index is 11.9. The van der Waals surface area contributed by atoms with Crippen LogP contribution < -0.4 is 11.1 Å². The van der Waals surface area contributed by atoms with Gasteiger partial charge in [0.05, 0.1) is 5.69 Å². The normalized spacial score (nSPS) is 11.6. The molecule has 102 valence electrons. The van der Waals surface area contributed by atoms with Crippen molar-refractivity contribution in [3.05, 3.63) is 10.6 Å². The Kier molecular flexibility index (Phi) is 4.94. The van der Waals surface area contributed by atoms with E-state index in [4.69, 9.17) is 5.73 Å². The largest absolute Gasteiger partial charge is 0.389 e. The number of halogens is 3. The van der Waals surface area contributed by atoms with Crippen molar-refractivity contribution in [2.45, 2.75) is 32.4 Å². The minimum Gasteiger partial charge on any atom is -0.375 e. The third kappa shape index (κ3) is 4.91. The first kappa shape index (κ1) is 14.7. The summed E-state index contributed by atoms with van der Waals surface area (Å²) in [4.78, 5) is 15.9. The maximum absolute atomic E-state index is 11.9. The lowest BCUT2D eigenvalue weighted by molar-refractivity contribution is -0.135. The summed E-state index contributed by atoms with van der Waals surface area (Å²) in [6.07, 6.45) is -4.66. The number of rotatable bonds is 5. The smallest absolute Gasteiger partial charge is 0.375 e. The molecule has 0 unspecified atom stereocenters. The van der Waals surface area contributed by atoms with Gasteiger partial charge in [0.25, 0.3) is 5.91 Å². The number of nitrogens with zero attached hydrogens (tertiary/aromatic N) is 1. The third-order valence-electron chi connectivity index (χ3n) is 2.19. The molecule has 18 heavy (non-hydrogen) atoms. The number of alkyl halides is 3. The number of aromatic nitrogens is 1. The Morgan fingerprint density at radius 1 is 1.44 bits per heavy atom. The first-order chi connectivity index (χ1) is 8.29. The SMILES string of the molecule is Cc1nc(N)sc1C(=O)NCCCCC(F)(F)F. The number of thiazole rings is 1. The van der Waals surface area contributed by atoms with E-state index in [0.717, 1.165) is 11.3 Å². The molecular weight excluding hydrogens is 267 g/mol. The van der Waals surface area contributed by atoms with Gasteiger partial charge in [-0.1, -0.05) is 11.3 Å². The number of anilines is 1. The number of carbonyl (C=O) groups excluding carboxylic acids is 1. The van der Waals surface area contributed by atoms with Crippen LogP contribution in [-0.2, 0) is 0 Å². The molecule has 0 saturated carbocycles. The minimum absolute atomic E-state index is 0.00753. The van der Waals surface area contributed by atoms with E-state index in [2.05, 4.69) is 10.3 Å². The first-order valence-corrected chi connectivity index (χ1v) is 6.19. The fraction of sp³-hybridized carbons (Fsp3) is 0.600. The summed E-state index contributed by atoms with van der Waals surface area (Å²) in [6.45, 7) is 1.87. The van der Waals surface area contributed by atoms with Gasteiger partial charge in [0.15, 0.2) is 5.13 Å². The molecule has 1 aromatic heterocycles. The zero-order valence-corrected chi connectivity index (χ0v) is 10.6. The van der Waals surface area contributed by atoms with Crippen LogP contribution in [0.3, 0.4) is 0 Å². The van der Waals surface area contributed by atoms with Crippen LogP contribution >= 0.6 is 11.3 Å². The fourth-order valence-electron chi connectivity index (χ4n) is 1.36. The first-order valence-electron chi connectivity index (χ1n) is 5.37. The highest BCUT2D eigenvalue weighted by Crippen LogP contribution is 2.22. The number of hydrogen-bond acceptors (Lipinski definition) is 4. The molecule has 0 bridgehead atoms. The van der Waals surface area contributed by atoms with Gasteiger partial charge in [-0.25, -0.2) is 4.98 Å². The summed E-state index contributed by atoms with van der Waals surface area (Å²) in [6, 6.07) is 0. The molecule has 1 aromatic rings. The second kappa shape index (κ2) is 6.03. The lowest BCUT2D eigenvalue weighted by atomic mass is 10.2. The molecule has 0 saturated heterocycles. The molecule has 4 nitrogen and oxygen atoms in total. The van der Waals surface area contributed by atoms with Gasteiger partial charge in [-0.15, -0.1) is 0 Å². The number of amides is 1. The van der Waals surface area contributed by atoms with Crippen LogP contribution in [0.4, 0.5) is 18.3 Å². The van der Waals surface area contributed by atoms with Crippen molar-refractivity contribution in [1.82, 2.24) is 10.3 Å². The highest BCUT2D eigenvalue weighted by molar-refractivity contribution is 7.17. The van der Waals surface area contributed by atoms with Crippen molar-refractivity contribution >= 4 is 22.4 Å². The molecule has 3 N–H and O–H groups in total. The summed E-state index contributed by atoms with van der Waals surface area (Å²) in [5.41, 5.74) is 5.98. The Bertz CT molecular complexity index is 417. The standard InChI is InChI=1S/C10H14F3N3OS/c1-6-7(18-9(14)16-6)8(17)15-5-3-2-4-10(11,12)13/h2-5H2,1H3,(H2,14,16)(H,15,17). The predicted octanol–water partition coefficient (Wildman–Crippen LogP) is 2.50. The highest BCUT2D eigenvalue weighted by Gasteiger charge is 2.25. The second-order valence-corrected chi connectivity index (χ2v) is 4.83.